The van der Waals surface area contributed by atoms with Crippen molar-refractivity contribution < 1.29 is 0 Å². The first-order chi connectivity index (χ1) is 8.31. The average Bonchev–Trinajstić information content (AvgIpc) is 2.39. The van der Waals surface area contributed by atoms with Crippen molar-refractivity contribution in [1.29, 1.82) is 0 Å². The minimum atomic E-state index is 0.762. The number of hydrogen-bond donors (Lipinski definition) is 1. The molecule has 0 aromatic carbocycles. The molecule has 4 nitrogen and oxygen atoms in total. The number of aryl methyl sites for hydroxylation is 1. The van der Waals surface area contributed by atoms with Gasteiger partial charge in [0.2, 0.25) is 5.95 Å². The maximum absolute atomic E-state index is 4.64. The number of aromatic nitrogens is 2. The standard InChI is InChI=1S/C13H22N4/c1-3-7-14-13-15-10-11(2)12(16-13)17-8-5-4-6-9-17/h10H,3-9H2,1-2H3,(H,14,15,16). The highest BCUT2D eigenvalue weighted by Crippen LogP contribution is 2.21. The first kappa shape index (κ1) is 12.1. The van der Waals surface area contributed by atoms with Gasteiger partial charge in [0, 0.05) is 31.4 Å². The summed E-state index contributed by atoms with van der Waals surface area (Å²) in [4.78, 5) is 11.3. The van der Waals surface area contributed by atoms with Gasteiger partial charge in [-0.1, -0.05) is 6.92 Å². The summed E-state index contributed by atoms with van der Waals surface area (Å²) in [6.45, 7) is 7.43. The molecule has 1 saturated heterocycles. The Hall–Kier alpha value is -1.32. The number of hydrogen-bond acceptors (Lipinski definition) is 4. The predicted octanol–water partition coefficient (Wildman–Crippen LogP) is 2.60. The Labute approximate surface area is 103 Å². The molecule has 1 N–H and O–H groups in total. The van der Waals surface area contributed by atoms with Crippen molar-refractivity contribution in [3.8, 4) is 0 Å². The Morgan fingerprint density at radius 2 is 2.06 bits per heavy atom. The second-order valence-corrected chi connectivity index (χ2v) is 4.67. The molecule has 2 rings (SSSR count). The molecular formula is C13H22N4. The van der Waals surface area contributed by atoms with Gasteiger partial charge in [-0.05, 0) is 32.6 Å². The van der Waals surface area contributed by atoms with Crippen LogP contribution in [0.2, 0.25) is 0 Å². The number of anilines is 2. The summed E-state index contributed by atoms with van der Waals surface area (Å²) in [5.41, 5.74) is 1.17. The molecule has 0 radical (unpaired) electrons. The summed E-state index contributed by atoms with van der Waals surface area (Å²) in [6.07, 6.45) is 6.93. The van der Waals surface area contributed by atoms with Crippen molar-refractivity contribution in [2.24, 2.45) is 0 Å². The van der Waals surface area contributed by atoms with Gasteiger partial charge in [-0.3, -0.25) is 0 Å². The molecule has 0 spiro atoms. The third-order valence-electron chi connectivity index (χ3n) is 3.13. The van der Waals surface area contributed by atoms with Crippen LogP contribution in [0.1, 0.15) is 38.2 Å². The normalized spacial score (nSPS) is 16.0. The van der Waals surface area contributed by atoms with Crippen LogP contribution in [-0.4, -0.2) is 29.6 Å². The molecule has 2 heterocycles. The van der Waals surface area contributed by atoms with Crippen LogP contribution in [0, 0.1) is 6.92 Å². The summed E-state index contributed by atoms with van der Waals surface area (Å²) in [6, 6.07) is 0. The van der Waals surface area contributed by atoms with E-state index >= 15 is 0 Å². The largest absolute Gasteiger partial charge is 0.356 e. The molecule has 1 aromatic rings. The molecule has 1 aliphatic heterocycles. The van der Waals surface area contributed by atoms with Gasteiger partial charge in [-0.15, -0.1) is 0 Å². The van der Waals surface area contributed by atoms with E-state index < -0.39 is 0 Å². The topological polar surface area (TPSA) is 41.1 Å². The summed E-state index contributed by atoms with van der Waals surface area (Å²) in [5, 5.41) is 3.25. The third kappa shape index (κ3) is 3.08. The predicted molar refractivity (Wildman–Crippen MR) is 71.6 cm³/mol. The van der Waals surface area contributed by atoms with Gasteiger partial charge in [0.25, 0.3) is 0 Å². The molecule has 0 bridgehead atoms. The Balaban J connectivity index is 2.13. The molecule has 17 heavy (non-hydrogen) atoms. The maximum Gasteiger partial charge on any atom is 0.224 e. The summed E-state index contributed by atoms with van der Waals surface area (Å²) in [7, 11) is 0. The number of nitrogens with one attached hydrogen (secondary N) is 1. The van der Waals surface area contributed by atoms with Crippen LogP contribution in [0.4, 0.5) is 11.8 Å². The fourth-order valence-electron chi connectivity index (χ4n) is 2.18. The van der Waals surface area contributed by atoms with Crippen molar-refractivity contribution in [2.45, 2.75) is 39.5 Å². The van der Waals surface area contributed by atoms with E-state index in [9.17, 15) is 0 Å². The fraction of sp³-hybridized carbons (Fsp3) is 0.692. The van der Waals surface area contributed by atoms with Gasteiger partial charge in [-0.25, -0.2) is 4.98 Å². The Morgan fingerprint density at radius 1 is 1.29 bits per heavy atom. The highest BCUT2D eigenvalue weighted by atomic mass is 15.2. The average molecular weight is 234 g/mol. The molecule has 0 unspecified atom stereocenters. The summed E-state index contributed by atoms with van der Waals surface area (Å²) in [5.74, 6) is 1.87. The highest BCUT2D eigenvalue weighted by Gasteiger charge is 2.15. The van der Waals surface area contributed by atoms with Crippen LogP contribution in [0.15, 0.2) is 6.20 Å². The minimum absolute atomic E-state index is 0.762. The third-order valence-corrected chi connectivity index (χ3v) is 3.13. The van der Waals surface area contributed by atoms with Gasteiger partial charge in [0.15, 0.2) is 0 Å². The van der Waals surface area contributed by atoms with Crippen LogP contribution < -0.4 is 10.2 Å². The zero-order valence-electron chi connectivity index (χ0n) is 10.9. The first-order valence-electron chi connectivity index (χ1n) is 6.63. The van der Waals surface area contributed by atoms with Crippen LogP contribution in [0.3, 0.4) is 0 Å². The first-order valence-corrected chi connectivity index (χ1v) is 6.63. The van der Waals surface area contributed by atoms with Crippen molar-refractivity contribution in [1.82, 2.24) is 9.97 Å². The molecule has 0 aliphatic carbocycles. The lowest BCUT2D eigenvalue weighted by Crippen LogP contribution is -2.31. The van der Waals surface area contributed by atoms with E-state index in [0.717, 1.165) is 37.8 Å². The summed E-state index contributed by atoms with van der Waals surface area (Å²) >= 11 is 0. The maximum atomic E-state index is 4.64. The number of nitrogens with zero attached hydrogens (tertiary/aromatic N) is 3. The molecule has 0 saturated carbocycles. The van der Waals surface area contributed by atoms with Crippen LogP contribution in [0.25, 0.3) is 0 Å². The molecule has 1 fully saturated rings. The molecule has 1 aromatic heterocycles. The van der Waals surface area contributed by atoms with Gasteiger partial charge < -0.3 is 10.2 Å². The van der Waals surface area contributed by atoms with Gasteiger partial charge >= 0.3 is 0 Å². The second kappa shape index (κ2) is 5.84. The van der Waals surface area contributed by atoms with Crippen molar-refractivity contribution in [3.05, 3.63) is 11.8 Å². The van der Waals surface area contributed by atoms with Crippen molar-refractivity contribution in [3.63, 3.8) is 0 Å². The quantitative estimate of drug-likeness (QED) is 0.869. The lowest BCUT2D eigenvalue weighted by molar-refractivity contribution is 0.572. The Kier molecular flexibility index (Phi) is 4.18. The second-order valence-electron chi connectivity index (χ2n) is 4.67. The zero-order chi connectivity index (χ0) is 12.1. The van der Waals surface area contributed by atoms with E-state index in [-0.39, 0.29) is 0 Å². The van der Waals surface area contributed by atoms with Gasteiger partial charge in [0.1, 0.15) is 5.82 Å². The van der Waals surface area contributed by atoms with E-state index in [0.29, 0.717) is 0 Å². The van der Waals surface area contributed by atoms with E-state index in [1.54, 1.807) is 0 Å². The molecular weight excluding hydrogens is 212 g/mol. The number of piperidine rings is 1. The smallest absolute Gasteiger partial charge is 0.224 e. The molecule has 1 aliphatic rings. The van der Waals surface area contributed by atoms with Crippen LogP contribution >= 0.6 is 0 Å². The molecule has 0 amide bonds. The highest BCUT2D eigenvalue weighted by molar-refractivity contribution is 5.49. The lowest BCUT2D eigenvalue weighted by atomic mass is 10.1. The summed E-state index contributed by atoms with van der Waals surface area (Å²) < 4.78 is 0. The fourth-order valence-corrected chi connectivity index (χ4v) is 2.18. The van der Waals surface area contributed by atoms with Crippen molar-refractivity contribution in [2.75, 3.05) is 29.9 Å². The minimum Gasteiger partial charge on any atom is -0.356 e. The monoisotopic (exact) mass is 234 g/mol. The van der Waals surface area contributed by atoms with Gasteiger partial charge in [0.05, 0.1) is 0 Å². The Bertz CT molecular complexity index is 358. The van der Waals surface area contributed by atoms with Gasteiger partial charge in [-0.2, -0.15) is 4.98 Å². The van der Waals surface area contributed by atoms with Crippen LogP contribution in [0.5, 0.6) is 0 Å². The molecule has 94 valence electrons. The van der Waals surface area contributed by atoms with E-state index in [2.05, 4.69) is 34.0 Å². The van der Waals surface area contributed by atoms with Crippen molar-refractivity contribution >= 4 is 11.8 Å². The SMILES string of the molecule is CCCNc1ncc(C)c(N2CCCCC2)n1. The van der Waals surface area contributed by atoms with E-state index in [4.69, 9.17) is 0 Å². The van der Waals surface area contributed by atoms with Crippen LogP contribution in [-0.2, 0) is 0 Å². The molecule has 0 atom stereocenters. The van der Waals surface area contributed by atoms with E-state index in [1.165, 1.54) is 24.8 Å². The number of rotatable bonds is 4. The lowest BCUT2D eigenvalue weighted by Gasteiger charge is -2.29. The zero-order valence-corrected chi connectivity index (χ0v) is 10.9. The Morgan fingerprint density at radius 3 is 2.76 bits per heavy atom. The van der Waals surface area contributed by atoms with E-state index in [1.807, 2.05) is 6.20 Å². The molecule has 4 heteroatoms.